The second-order valence-corrected chi connectivity index (χ2v) is 4.25. The molecule has 17 heavy (non-hydrogen) atoms. The molecule has 1 aliphatic rings. The molecule has 1 saturated carbocycles. The number of nitriles is 1. The van der Waals surface area contributed by atoms with Gasteiger partial charge in [0.2, 0.25) is 11.8 Å². The molecule has 1 aromatic rings. The van der Waals surface area contributed by atoms with Crippen LogP contribution < -0.4 is 9.47 Å². The lowest BCUT2D eigenvalue weighted by molar-refractivity contribution is 0.215. The number of pyridine rings is 1. The molecule has 0 unspecified atom stereocenters. The molecule has 0 atom stereocenters. The zero-order valence-corrected chi connectivity index (χ0v) is 9.98. The maximum Gasteiger partial charge on any atom is 0.234 e. The van der Waals surface area contributed by atoms with E-state index in [-0.39, 0.29) is 0 Å². The summed E-state index contributed by atoms with van der Waals surface area (Å²) in [7, 11) is 1.55. The summed E-state index contributed by atoms with van der Waals surface area (Å²) >= 11 is 0. The van der Waals surface area contributed by atoms with Crippen LogP contribution in [0.4, 0.5) is 0 Å². The van der Waals surface area contributed by atoms with Crippen LogP contribution in [0.2, 0.25) is 0 Å². The highest BCUT2D eigenvalue weighted by molar-refractivity contribution is 5.40. The van der Waals surface area contributed by atoms with E-state index in [4.69, 9.17) is 14.7 Å². The summed E-state index contributed by atoms with van der Waals surface area (Å²) in [5, 5.41) is 8.94. The normalized spacial score (nSPS) is 14.8. The zero-order chi connectivity index (χ0) is 12.1. The average Bonchev–Trinajstić information content (AvgIpc) is 2.32. The summed E-state index contributed by atoms with van der Waals surface area (Å²) in [5.74, 6) is 1.65. The third kappa shape index (κ3) is 2.88. The molecule has 1 heterocycles. The highest BCUT2D eigenvalue weighted by Crippen LogP contribution is 2.29. The van der Waals surface area contributed by atoms with Crippen LogP contribution in [0.3, 0.4) is 0 Å². The number of aromatic nitrogens is 1. The minimum atomic E-state index is 0.381. The minimum absolute atomic E-state index is 0.381. The van der Waals surface area contributed by atoms with E-state index in [9.17, 15) is 0 Å². The molecule has 90 valence electrons. The average molecular weight is 232 g/mol. The van der Waals surface area contributed by atoms with Gasteiger partial charge in [0, 0.05) is 6.07 Å². The molecule has 0 radical (unpaired) electrons. The van der Waals surface area contributed by atoms with Crippen LogP contribution in [0, 0.1) is 17.2 Å². The van der Waals surface area contributed by atoms with Crippen LogP contribution in [0.15, 0.2) is 12.1 Å². The minimum Gasteiger partial charge on any atom is -0.481 e. The number of methoxy groups -OCH3 is 1. The van der Waals surface area contributed by atoms with Gasteiger partial charge in [-0.15, -0.1) is 0 Å². The van der Waals surface area contributed by atoms with Crippen molar-refractivity contribution in [1.29, 1.82) is 5.26 Å². The molecule has 1 fully saturated rings. The monoisotopic (exact) mass is 232 g/mol. The Kier molecular flexibility index (Phi) is 3.81. The molecule has 0 spiro atoms. The van der Waals surface area contributed by atoms with Crippen LogP contribution in [-0.2, 0) is 0 Å². The predicted octanol–water partition coefficient (Wildman–Crippen LogP) is 2.53. The van der Waals surface area contributed by atoms with E-state index >= 15 is 0 Å². The molecule has 4 heteroatoms. The molecule has 0 aromatic carbocycles. The third-order valence-electron chi connectivity index (χ3n) is 3.15. The first-order valence-electron chi connectivity index (χ1n) is 5.91. The Bertz CT molecular complexity index is 422. The first-order chi connectivity index (χ1) is 8.33. The number of hydrogen-bond acceptors (Lipinski definition) is 4. The Balaban J connectivity index is 1.94. The van der Waals surface area contributed by atoms with Crippen molar-refractivity contribution in [2.45, 2.75) is 25.7 Å². The van der Waals surface area contributed by atoms with Crippen molar-refractivity contribution >= 4 is 0 Å². The van der Waals surface area contributed by atoms with E-state index < -0.39 is 0 Å². The van der Waals surface area contributed by atoms with Crippen molar-refractivity contribution in [2.75, 3.05) is 13.7 Å². The lowest BCUT2D eigenvalue weighted by atomic mass is 9.83. The Labute approximate surface area is 101 Å². The maximum absolute atomic E-state index is 8.94. The van der Waals surface area contributed by atoms with Crippen LogP contribution in [0.1, 0.15) is 31.2 Å². The van der Waals surface area contributed by atoms with Crippen molar-refractivity contribution in [3.8, 4) is 17.8 Å². The Morgan fingerprint density at radius 2 is 2.29 bits per heavy atom. The third-order valence-corrected chi connectivity index (χ3v) is 3.15. The molecule has 4 nitrogen and oxygen atoms in total. The molecular formula is C13H16N2O2. The van der Waals surface area contributed by atoms with Gasteiger partial charge in [-0.25, -0.2) is 0 Å². The largest absolute Gasteiger partial charge is 0.481 e. The molecule has 0 amide bonds. The first-order valence-corrected chi connectivity index (χ1v) is 5.91. The van der Waals surface area contributed by atoms with E-state index in [0.717, 1.165) is 12.3 Å². The maximum atomic E-state index is 8.94. The smallest absolute Gasteiger partial charge is 0.234 e. The highest BCUT2D eigenvalue weighted by atomic mass is 16.5. The van der Waals surface area contributed by atoms with Gasteiger partial charge in [0.1, 0.15) is 11.6 Å². The second-order valence-electron chi connectivity index (χ2n) is 4.25. The summed E-state index contributed by atoms with van der Waals surface area (Å²) in [6.07, 6.45) is 5.00. The first kappa shape index (κ1) is 11.7. The molecule has 0 bridgehead atoms. The summed E-state index contributed by atoms with van der Waals surface area (Å²) in [6.45, 7) is 0.625. The predicted molar refractivity (Wildman–Crippen MR) is 63.0 cm³/mol. The van der Waals surface area contributed by atoms with Gasteiger partial charge in [-0.05, 0) is 18.4 Å². The SMILES string of the molecule is COc1ccc(C#N)c(OCCC2CCC2)n1. The van der Waals surface area contributed by atoms with Gasteiger partial charge in [0.25, 0.3) is 0 Å². The van der Waals surface area contributed by atoms with Crippen molar-refractivity contribution < 1.29 is 9.47 Å². The molecule has 0 N–H and O–H groups in total. The zero-order valence-electron chi connectivity index (χ0n) is 9.98. The lowest BCUT2D eigenvalue weighted by Crippen LogP contribution is -2.15. The van der Waals surface area contributed by atoms with E-state index in [1.165, 1.54) is 19.3 Å². The van der Waals surface area contributed by atoms with Crippen LogP contribution in [0.25, 0.3) is 0 Å². The van der Waals surface area contributed by atoms with Gasteiger partial charge in [0.15, 0.2) is 0 Å². The number of rotatable bonds is 5. The quantitative estimate of drug-likeness (QED) is 0.782. The summed E-state index contributed by atoms with van der Waals surface area (Å²) in [6, 6.07) is 5.41. The highest BCUT2D eigenvalue weighted by Gasteiger charge is 2.17. The number of hydrogen-bond donors (Lipinski definition) is 0. The van der Waals surface area contributed by atoms with E-state index in [1.807, 2.05) is 0 Å². The van der Waals surface area contributed by atoms with Gasteiger partial charge in [-0.3, -0.25) is 0 Å². The van der Waals surface area contributed by atoms with Crippen molar-refractivity contribution in [3.05, 3.63) is 17.7 Å². The van der Waals surface area contributed by atoms with E-state index in [2.05, 4.69) is 11.1 Å². The second kappa shape index (κ2) is 5.53. The van der Waals surface area contributed by atoms with Gasteiger partial charge >= 0.3 is 0 Å². The van der Waals surface area contributed by atoms with Crippen molar-refractivity contribution in [1.82, 2.24) is 4.98 Å². The standard InChI is InChI=1S/C13H16N2O2/c1-16-12-6-5-11(9-14)13(15-12)17-8-7-10-3-2-4-10/h5-6,10H,2-4,7-8H2,1H3. The van der Waals surface area contributed by atoms with E-state index in [0.29, 0.717) is 23.9 Å². The van der Waals surface area contributed by atoms with Gasteiger partial charge in [-0.1, -0.05) is 19.3 Å². The fraction of sp³-hybridized carbons (Fsp3) is 0.538. The van der Waals surface area contributed by atoms with Gasteiger partial charge in [-0.2, -0.15) is 10.2 Å². The molecule has 0 saturated heterocycles. The Morgan fingerprint density at radius 1 is 1.47 bits per heavy atom. The fourth-order valence-electron chi connectivity index (χ4n) is 1.84. The lowest BCUT2D eigenvalue weighted by Gasteiger charge is -2.24. The fourth-order valence-corrected chi connectivity index (χ4v) is 1.84. The molecule has 1 aliphatic carbocycles. The van der Waals surface area contributed by atoms with E-state index in [1.54, 1.807) is 19.2 Å². The Morgan fingerprint density at radius 3 is 2.88 bits per heavy atom. The van der Waals surface area contributed by atoms with Crippen molar-refractivity contribution in [3.63, 3.8) is 0 Å². The van der Waals surface area contributed by atoms with Gasteiger partial charge < -0.3 is 9.47 Å². The molecular weight excluding hydrogens is 216 g/mol. The summed E-state index contributed by atoms with van der Waals surface area (Å²) in [4.78, 5) is 4.14. The Hall–Kier alpha value is -1.76. The van der Waals surface area contributed by atoms with Crippen molar-refractivity contribution in [2.24, 2.45) is 5.92 Å². The summed E-state index contributed by atoms with van der Waals surface area (Å²) < 4.78 is 10.6. The topological polar surface area (TPSA) is 55.1 Å². The molecule has 1 aromatic heterocycles. The van der Waals surface area contributed by atoms with Crippen LogP contribution in [0.5, 0.6) is 11.8 Å². The van der Waals surface area contributed by atoms with Gasteiger partial charge in [0.05, 0.1) is 13.7 Å². The number of nitrogens with zero attached hydrogens (tertiary/aromatic N) is 2. The van der Waals surface area contributed by atoms with Crippen LogP contribution >= 0.6 is 0 Å². The molecule has 0 aliphatic heterocycles. The van der Waals surface area contributed by atoms with Crippen LogP contribution in [-0.4, -0.2) is 18.7 Å². The summed E-state index contributed by atoms with van der Waals surface area (Å²) in [5.41, 5.74) is 0.458. The number of ether oxygens (including phenoxy) is 2. The molecule has 2 rings (SSSR count).